The average Bonchev–Trinajstić information content (AvgIpc) is 3.20. The molecule has 138 valence electrons. The molecular weight excluding hydrogens is 328 g/mol. The minimum atomic E-state index is -0.342. The molecule has 5 heteroatoms. The average molecular weight is 354 g/mol. The van der Waals surface area contributed by atoms with Crippen molar-refractivity contribution < 1.29 is 14.3 Å². The van der Waals surface area contributed by atoms with E-state index in [0.717, 1.165) is 36.4 Å². The number of amides is 1. The summed E-state index contributed by atoms with van der Waals surface area (Å²) in [6, 6.07) is 16.7. The van der Waals surface area contributed by atoms with Gasteiger partial charge in [-0.05, 0) is 42.7 Å². The van der Waals surface area contributed by atoms with Crippen LogP contribution in [-0.2, 0) is 9.53 Å². The molecule has 0 aliphatic carbocycles. The largest absolute Gasteiger partial charge is 0.491 e. The Morgan fingerprint density at radius 3 is 2.62 bits per heavy atom. The van der Waals surface area contributed by atoms with Gasteiger partial charge in [0.1, 0.15) is 12.4 Å². The van der Waals surface area contributed by atoms with Gasteiger partial charge in [-0.25, -0.2) is 0 Å². The van der Waals surface area contributed by atoms with Gasteiger partial charge in [-0.15, -0.1) is 0 Å². The number of hydrogen-bond acceptors (Lipinski definition) is 4. The molecule has 26 heavy (non-hydrogen) atoms. The van der Waals surface area contributed by atoms with E-state index < -0.39 is 0 Å². The molecule has 0 aromatic heterocycles. The predicted molar refractivity (Wildman–Crippen MR) is 102 cm³/mol. The van der Waals surface area contributed by atoms with Crippen molar-refractivity contribution in [2.24, 2.45) is 11.7 Å². The SMILES string of the molecule is CC(C(=O)Nc1ccc(OCC2CCCO2)cc1)C(N)c1ccccc1. The number of ether oxygens (including phenoxy) is 2. The molecule has 1 fully saturated rings. The van der Waals surface area contributed by atoms with E-state index in [1.807, 2.05) is 61.5 Å². The highest BCUT2D eigenvalue weighted by molar-refractivity contribution is 5.92. The van der Waals surface area contributed by atoms with E-state index in [-0.39, 0.29) is 24.0 Å². The van der Waals surface area contributed by atoms with Crippen LogP contribution in [0.2, 0.25) is 0 Å². The van der Waals surface area contributed by atoms with Gasteiger partial charge in [0.25, 0.3) is 0 Å². The standard InChI is InChI=1S/C21H26N2O3/c1-15(20(22)16-6-3-2-4-7-16)21(24)23-17-9-11-18(12-10-17)26-14-19-8-5-13-25-19/h2-4,6-7,9-12,15,19-20H,5,8,13-14,22H2,1H3,(H,23,24). The van der Waals surface area contributed by atoms with Crippen LogP contribution < -0.4 is 15.8 Å². The Hall–Kier alpha value is -2.37. The minimum absolute atomic E-state index is 0.102. The van der Waals surface area contributed by atoms with Crippen LogP contribution >= 0.6 is 0 Å². The van der Waals surface area contributed by atoms with Crippen molar-refractivity contribution in [3.63, 3.8) is 0 Å². The Balaban J connectivity index is 1.52. The van der Waals surface area contributed by atoms with Crippen molar-refractivity contribution >= 4 is 11.6 Å². The Morgan fingerprint density at radius 2 is 1.96 bits per heavy atom. The lowest BCUT2D eigenvalue weighted by molar-refractivity contribution is -0.120. The molecule has 1 aliphatic rings. The molecular formula is C21H26N2O3. The van der Waals surface area contributed by atoms with Gasteiger partial charge in [0.05, 0.1) is 12.0 Å². The van der Waals surface area contributed by atoms with Crippen LogP contribution in [0.3, 0.4) is 0 Å². The highest BCUT2D eigenvalue weighted by atomic mass is 16.5. The second kappa shape index (κ2) is 8.83. The van der Waals surface area contributed by atoms with Gasteiger partial charge < -0.3 is 20.5 Å². The summed E-state index contributed by atoms with van der Waals surface area (Å²) in [5.41, 5.74) is 7.90. The number of carbonyl (C=O) groups excluding carboxylic acids is 1. The molecule has 1 heterocycles. The third-order valence-corrected chi connectivity index (χ3v) is 4.72. The summed E-state index contributed by atoms with van der Waals surface area (Å²) in [4.78, 5) is 12.5. The normalized spacial score (nSPS) is 18.9. The maximum Gasteiger partial charge on any atom is 0.229 e. The third-order valence-electron chi connectivity index (χ3n) is 4.72. The van der Waals surface area contributed by atoms with Crippen molar-refractivity contribution in [3.05, 3.63) is 60.2 Å². The van der Waals surface area contributed by atoms with E-state index in [1.165, 1.54) is 0 Å². The zero-order valence-electron chi connectivity index (χ0n) is 15.1. The summed E-state index contributed by atoms with van der Waals surface area (Å²) in [5, 5.41) is 2.92. The summed E-state index contributed by atoms with van der Waals surface area (Å²) >= 11 is 0. The molecule has 0 radical (unpaired) electrons. The fourth-order valence-corrected chi connectivity index (χ4v) is 2.98. The third kappa shape index (κ3) is 4.84. The maximum atomic E-state index is 12.5. The van der Waals surface area contributed by atoms with Crippen LogP contribution in [0.25, 0.3) is 0 Å². The molecule has 3 N–H and O–H groups in total. The van der Waals surface area contributed by atoms with E-state index in [2.05, 4.69) is 5.32 Å². The van der Waals surface area contributed by atoms with Gasteiger partial charge in [0.2, 0.25) is 5.91 Å². The van der Waals surface area contributed by atoms with Gasteiger partial charge in [0.15, 0.2) is 0 Å². The van der Waals surface area contributed by atoms with E-state index in [4.69, 9.17) is 15.2 Å². The summed E-state index contributed by atoms with van der Waals surface area (Å²) in [6.45, 7) is 3.23. The Labute approximate surface area is 154 Å². The Bertz CT molecular complexity index is 697. The maximum absolute atomic E-state index is 12.5. The van der Waals surface area contributed by atoms with Crippen LogP contribution in [0.5, 0.6) is 5.75 Å². The Morgan fingerprint density at radius 1 is 1.23 bits per heavy atom. The summed E-state index contributed by atoms with van der Waals surface area (Å²) in [7, 11) is 0. The molecule has 0 spiro atoms. The molecule has 0 bridgehead atoms. The molecule has 2 aromatic carbocycles. The number of hydrogen-bond donors (Lipinski definition) is 2. The van der Waals surface area contributed by atoms with Crippen molar-refractivity contribution in [3.8, 4) is 5.75 Å². The molecule has 1 saturated heterocycles. The number of nitrogens with one attached hydrogen (secondary N) is 1. The fourth-order valence-electron chi connectivity index (χ4n) is 2.98. The van der Waals surface area contributed by atoms with Crippen molar-refractivity contribution in [1.29, 1.82) is 0 Å². The van der Waals surface area contributed by atoms with E-state index in [0.29, 0.717) is 6.61 Å². The lowest BCUT2D eigenvalue weighted by atomic mass is 9.94. The van der Waals surface area contributed by atoms with Crippen LogP contribution in [0, 0.1) is 5.92 Å². The van der Waals surface area contributed by atoms with E-state index in [9.17, 15) is 4.79 Å². The summed E-state index contributed by atoms with van der Waals surface area (Å²) < 4.78 is 11.3. The quantitative estimate of drug-likeness (QED) is 0.798. The number of anilines is 1. The lowest BCUT2D eigenvalue weighted by Gasteiger charge is -2.20. The van der Waals surface area contributed by atoms with Gasteiger partial charge in [0, 0.05) is 18.3 Å². The van der Waals surface area contributed by atoms with E-state index in [1.54, 1.807) is 0 Å². The van der Waals surface area contributed by atoms with Gasteiger partial charge >= 0.3 is 0 Å². The highest BCUT2D eigenvalue weighted by Gasteiger charge is 2.22. The zero-order chi connectivity index (χ0) is 18.4. The molecule has 3 atom stereocenters. The van der Waals surface area contributed by atoms with Crippen LogP contribution in [0.15, 0.2) is 54.6 Å². The van der Waals surface area contributed by atoms with Crippen LogP contribution in [-0.4, -0.2) is 25.2 Å². The van der Waals surface area contributed by atoms with Crippen molar-refractivity contribution in [2.75, 3.05) is 18.5 Å². The first-order valence-electron chi connectivity index (χ1n) is 9.09. The molecule has 0 saturated carbocycles. The monoisotopic (exact) mass is 354 g/mol. The fraction of sp³-hybridized carbons (Fsp3) is 0.381. The van der Waals surface area contributed by atoms with Crippen molar-refractivity contribution in [1.82, 2.24) is 0 Å². The first-order chi connectivity index (χ1) is 12.6. The number of carbonyl (C=O) groups is 1. The molecule has 2 aromatic rings. The molecule has 5 nitrogen and oxygen atoms in total. The first-order valence-corrected chi connectivity index (χ1v) is 9.09. The topological polar surface area (TPSA) is 73.6 Å². The number of rotatable bonds is 7. The summed E-state index contributed by atoms with van der Waals surface area (Å²) in [5.74, 6) is 0.328. The minimum Gasteiger partial charge on any atom is -0.491 e. The number of benzene rings is 2. The smallest absolute Gasteiger partial charge is 0.229 e. The van der Waals surface area contributed by atoms with Crippen LogP contribution in [0.1, 0.15) is 31.4 Å². The molecule has 3 rings (SSSR count). The molecule has 1 amide bonds. The van der Waals surface area contributed by atoms with Crippen LogP contribution in [0.4, 0.5) is 5.69 Å². The number of nitrogens with two attached hydrogens (primary N) is 1. The van der Waals surface area contributed by atoms with Gasteiger partial charge in [-0.1, -0.05) is 37.3 Å². The predicted octanol–water partition coefficient (Wildman–Crippen LogP) is 3.52. The second-order valence-electron chi connectivity index (χ2n) is 6.68. The van der Waals surface area contributed by atoms with E-state index >= 15 is 0 Å². The molecule has 3 unspecified atom stereocenters. The van der Waals surface area contributed by atoms with Crippen molar-refractivity contribution in [2.45, 2.75) is 31.9 Å². The zero-order valence-corrected chi connectivity index (χ0v) is 15.1. The van der Waals surface area contributed by atoms with Gasteiger partial charge in [-0.3, -0.25) is 4.79 Å². The summed E-state index contributed by atoms with van der Waals surface area (Å²) in [6.07, 6.45) is 2.34. The highest BCUT2D eigenvalue weighted by Crippen LogP contribution is 2.22. The lowest BCUT2D eigenvalue weighted by Crippen LogP contribution is -2.30. The Kier molecular flexibility index (Phi) is 6.26. The first kappa shape index (κ1) is 18.4. The van der Waals surface area contributed by atoms with Gasteiger partial charge in [-0.2, -0.15) is 0 Å². The second-order valence-corrected chi connectivity index (χ2v) is 6.68. The molecule has 1 aliphatic heterocycles.